The largest absolute Gasteiger partial charge is 0.426 e. The Balaban J connectivity index is 1.74. The van der Waals surface area contributed by atoms with Gasteiger partial charge in [-0.25, -0.2) is 0 Å². The van der Waals surface area contributed by atoms with Crippen LogP contribution >= 0.6 is 50.6 Å². The molecular weight excluding hydrogens is 470 g/mol. The van der Waals surface area contributed by atoms with Crippen LogP contribution in [0.2, 0.25) is 5.02 Å². The molecule has 1 aromatic heterocycles. The number of thiazole rings is 1. The van der Waals surface area contributed by atoms with Crippen molar-refractivity contribution in [2.75, 3.05) is 0 Å². The number of H-pyrrole nitrogens is 1. The summed E-state index contributed by atoms with van der Waals surface area (Å²) in [7, 11) is 0. The lowest BCUT2D eigenvalue weighted by Gasteiger charge is -2.39. The molecule has 27 heavy (non-hydrogen) atoms. The number of aromatic amines is 1. The summed E-state index contributed by atoms with van der Waals surface area (Å²) in [5.74, 6) is -0.358. The number of nitrogens with one attached hydrogen (secondary N) is 1. The molecule has 2 aromatic carbocycles. The van der Waals surface area contributed by atoms with Crippen molar-refractivity contribution in [1.82, 2.24) is 4.98 Å². The summed E-state index contributed by atoms with van der Waals surface area (Å²) < 4.78 is 6.58. The maximum absolute atomic E-state index is 13.0. The van der Waals surface area contributed by atoms with E-state index in [-0.39, 0.29) is 22.0 Å². The average molecular weight is 481 g/mol. The molecule has 0 aliphatic carbocycles. The minimum atomic E-state index is -0.420. The Morgan fingerprint density at radius 2 is 1.89 bits per heavy atom. The molecule has 2 aliphatic heterocycles. The first kappa shape index (κ1) is 17.6. The molecule has 0 fully saturated rings. The highest BCUT2D eigenvalue weighted by molar-refractivity contribution is 9.10. The van der Waals surface area contributed by atoms with Gasteiger partial charge in [0.15, 0.2) is 0 Å². The van der Waals surface area contributed by atoms with Crippen molar-refractivity contribution in [3.8, 4) is 5.75 Å². The lowest BCUT2D eigenvalue weighted by Crippen LogP contribution is -2.37. The van der Waals surface area contributed by atoms with Crippen molar-refractivity contribution in [2.24, 2.45) is 5.92 Å². The van der Waals surface area contributed by atoms with Crippen LogP contribution in [0.5, 0.6) is 5.75 Å². The predicted octanol–water partition coefficient (Wildman–Crippen LogP) is 5.37. The standard InChI is InChI=1S/C19H11BrClNO3S2/c20-9-3-6-12-11(7-9)13-14(18(23)25-12)15(8-1-4-10(21)5-2-8)26-17-16(13)27-19(24)22-17/h1-7,13-15H,(H,22,24)/t13-,14+,15-/m0/s1. The van der Waals surface area contributed by atoms with Crippen LogP contribution in [-0.4, -0.2) is 11.0 Å². The van der Waals surface area contributed by atoms with E-state index in [4.69, 9.17) is 16.3 Å². The quantitative estimate of drug-likeness (QED) is 0.376. The first-order valence-electron chi connectivity index (χ1n) is 8.17. The van der Waals surface area contributed by atoms with Crippen LogP contribution in [0.3, 0.4) is 0 Å². The molecule has 0 bridgehead atoms. The Hall–Kier alpha value is -1.54. The third-order valence-corrected chi connectivity index (χ3v) is 8.06. The molecule has 0 radical (unpaired) electrons. The van der Waals surface area contributed by atoms with Crippen LogP contribution in [0.15, 0.2) is 56.8 Å². The summed E-state index contributed by atoms with van der Waals surface area (Å²) in [6.07, 6.45) is 0. The number of esters is 1. The predicted molar refractivity (Wildman–Crippen MR) is 110 cm³/mol. The Morgan fingerprint density at radius 1 is 1.11 bits per heavy atom. The number of hydrogen-bond acceptors (Lipinski definition) is 5. The number of thioether (sulfide) groups is 1. The van der Waals surface area contributed by atoms with Crippen molar-refractivity contribution in [1.29, 1.82) is 0 Å². The normalized spacial score (nSPS) is 23.2. The van der Waals surface area contributed by atoms with Gasteiger partial charge in [-0.1, -0.05) is 62.8 Å². The second-order valence-electron chi connectivity index (χ2n) is 6.40. The number of carbonyl (C=O) groups excluding carboxylic acids is 1. The SMILES string of the molecule is O=C1Oc2ccc(Br)cc2[C@@H]2c3sc(=O)[nH]c3S[C@@H](c3ccc(Cl)cc3)[C@H]12. The van der Waals surface area contributed by atoms with E-state index in [2.05, 4.69) is 20.9 Å². The minimum absolute atomic E-state index is 0.113. The zero-order chi connectivity index (χ0) is 18.7. The Morgan fingerprint density at radius 3 is 2.67 bits per heavy atom. The monoisotopic (exact) mass is 479 g/mol. The van der Waals surface area contributed by atoms with Crippen LogP contribution in [0.25, 0.3) is 0 Å². The van der Waals surface area contributed by atoms with Gasteiger partial charge in [-0.3, -0.25) is 9.59 Å². The van der Waals surface area contributed by atoms with Crippen LogP contribution in [-0.2, 0) is 4.79 Å². The summed E-state index contributed by atoms with van der Waals surface area (Å²) in [6.45, 7) is 0. The van der Waals surface area contributed by atoms with Gasteiger partial charge in [0.25, 0.3) is 0 Å². The topological polar surface area (TPSA) is 59.2 Å². The molecule has 0 amide bonds. The van der Waals surface area contributed by atoms with Gasteiger partial charge >= 0.3 is 10.8 Å². The number of ether oxygens (including phenoxy) is 1. The van der Waals surface area contributed by atoms with Gasteiger partial charge in [-0.05, 0) is 35.9 Å². The van der Waals surface area contributed by atoms with Crippen molar-refractivity contribution in [3.05, 3.63) is 77.6 Å². The Kier molecular flexibility index (Phi) is 4.23. The zero-order valence-corrected chi connectivity index (χ0v) is 17.5. The van der Waals surface area contributed by atoms with Gasteiger partial charge in [-0.2, -0.15) is 0 Å². The lowest BCUT2D eigenvalue weighted by molar-refractivity contribution is -0.140. The molecule has 0 spiro atoms. The number of benzene rings is 2. The highest BCUT2D eigenvalue weighted by Gasteiger charge is 2.49. The van der Waals surface area contributed by atoms with Gasteiger partial charge < -0.3 is 9.72 Å². The first-order valence-corrected chi connectivity index (χ1v) is 11.0. The lowest BCUT2D eigenvalue weighted by atomic mass is 9.78. The van der Waals surface area contributed by atoms with Crippen LogP contribution in [0.1, 0.15) is 27.2 Å². The van der Waals surface area contributed by atoms with Crippen LogP contribution in [0.4, 0.5) is 0 Å². The maximum atomic E-state index is 13.0. The number of fused-ring (bicyclic) bond motifs is 5. The molecule has 136 valence electrons. The van der Waals surface area contributed by atoms with E-state index < -0.39 is 5.92 Å². The average Bonchev–Trinajstić information content (AvgIpc) is 3.02. The summed E-state index contributed by atoms with van der Waals surface area (Å²) in [6, 6.07) is 13.1. The first-order chi connectivity index (χ1) is 13.0. The zero-order valence-electron chi connectivity index (χ0n) is 13.6. The summed E-state index contributed by atoms with van der Waals surface area (Å²) >= 11 is 12.2. The minimum Gasteiger partial charge on any atom is -0.426 e. The van der Waals surface area contributed by atoms with Crippen LogP contribution < -0.4 is 9.61 Å². The molecule has 1 N–H and O–H groups in total. The van der Waals surface area contributed by atoms with E-state index in [1.807, 2.05) is 36.4 Å². The van der Waals surface area contributed by atoms with Gasteiger partial charge in [0.2, 0.25) is 0 Å². The fourth-order valence-electron chi connectivity index (χ4n) is 3.71. The van der Waals surface area contributed by atoms with E-state index in [9.17, 15) is 9.59 Å². The molecule has 3 heterocycles. The van der Waals surface area contributed by atoms with E-state index in [0.717, 1.165) is 25.5 Å². The van der Waals surface area contributed by atoms with E-state index in [0.29, 0.717) is 10.8 Å². The molecule has 5 rings (SSSR count). The number of halogens is 2. The van der Waals surface area contributed by atoms with Crippen LogP contribution in [0, 0.1) is 5.92 Å². The molecular formula is C19H11BrClNO3S2. The van der Waals surface area contributed by atoms with Gasteiger partial charge in [0.1, 0.15) is 5.75 Å². The summed E-state index contributed by atoms with van der Waals surface area (Å²) in [5.41, 5.74) is 1.90. The molecule has 2 aliphatic rings. The van der Waals surface area contributed by atoms with Gasteiger partial charge in [-0.15, -0.1) is 0 Å². The molecule has 3 aromatic rings. The summed E-state index contributed by atoms with van der Waals surface area (Å²) in [4.78, 5) is 28.8. The van der Waals surface area contributed by atoms with Crippen molar-refractivity contribution >= 4 is 56.6 Å². The number of aromatic nitrogens is 1. The highest BCUT2D eigenvalue weighted by atomic mass is 79.9. The Bertz CT molecular complexity index is 1120. The van der Waals surface area contributed by atoms with Crippen molar-refractivity contribution < 1.29 is 9.53 Å². The molecule has 0 saturated carbocycles. The van der Waals surface area contributed by atoms with Crippen molar-refractivity contribution in [3.63, 3.8) is 0 Å². The fourth-order valence-corrected chi connectivity index (χ4v) is 6.80. The van der Waals surface area contributed by atoms with E-state index in [1.54, 1.807) is 6.07 Å². The van der Waals surface area contributed by atoms with Crippen molar-refractivity contribution in [2.45, 2.75) is 16.2 Å². The highest BCUT2D eigenvalue weighted by Crippen LogP contribution is 2.58. The molecule has 3 atom stereocenters. The second-order valence-corrected chi connectivity index (χ2v) is 9.92. The summed E-state index contributed by atoms with van der Waals surface area (Å²) in [5, 5.41) is 1.29. The Labute approximate surface area is 176 Å². The maximum Gasteiger partial charge on any atom is 0.316 e. The van der Waals surface area contributed by atoms with E-state index >= 15 is 0 Å². The molecule has 8 heteroatoms. The third kappa shape index (κ3) is 2.88. The molecule has 0 unspecified atom stereocenters. The van der Waals surface area contributed by atoms with Gasteiger partial charge in [0, 0.05) is 25.9 Å². The number of rotatable bonds is 1. The third-order valence-electron chi connectivity index (χ3n) is 4.84. The molecule has 0 saturated heterocycles. The number of hydrogen-bond donors (Lipinski definition) is 1. The number of carbonyl (C=O) groups is 1. The fraction of sp³-hybridized carbons (Fsp3) is 0.158. The van der Waals surface area contributed by atoms with E-state index in [1.165, 1.54) is 23.1 Å². The smallest absolute Gasteiger partial charge is 0.316 e. The second kappa shape index (κ2) is 6.51. The van der Waals surface area contributed by atoms with Gasteiger partial charge in [0.05, 0.1) is 16.2 Å². The molecule has 4 nitrogen and oxygen atoms in total.